The third-order valence-corrected chi connectivity index (χ3v) is 3.41. The molecule has 3 rings (SSSR count). The van der Waals surface area contributed by atoms with E-state index in [2.05, 4.69) is 34.6 Å². The molecule has 1 atom stereocenters. The molecule has 1 unspecified atom stereocenters. The lowest BCUT2D eigenvalue weighted by molar-refractivity contribution is 0.582. The number of benzene rings is 1. The van der Waals surface area contributed by atoms with Crippen LogP contribution in [0, 0.1) is 5.92 Å². The lowest BCUT2D eigenvalue weighted by Gasteiger charge is -2.10. The van der Waals surface area contributed by atoms with E-state index in [-0.39, 0.29) is 0 Å². The normalized spacial score (nSPS) is 20.4. The Labute approximate surface area is 95.7 Å². The number of rotatable bonds is 2. The molecular formula is C14H16N2. The summed E-state index contributed by atoms with van der Waals surface area (Å²) in [4.78, 5) is 4.40. The van der Waals surface area contributed by atoms with Crippen LogP contribution in [0.1, 0.15) is 12.0 Å². The molecule has 1 fully saturated rings. The Hall–Kier alpha value is -1.41. The number of nitrogens with one attached hydrogen (secondary N) is 1. The van der Waals surface area contributed by atoms with Crippen LogP contribution in [0.5, 0.6) is 0 Å². The standard InChI is InChI=1S/C14H16N2/c1-3-12(9-11-6-8-15-10-11)13-4-2-7-16-14(13)5-1/h1-5,7,11,15H,6,8-10H2. The Morgan fingerprint density at radius 2 is 2.25 bits per heavy atom. The number of nitrogens with zero attached hydrogens (tertiary/aromatic N) is 1. The number of fused-ring (bicyclic) bond motifs is 1. The highest BCUT2D eigenvalue weighted by Crippen LogP contribution is 2.21. The molecule has 1 saturated heterocycles. The zero-order chi connectivity index (χ0) is 10.8. The highest BCUT2D eigenvalue weighted by molar-refractivity contribution is 5.81. The summed E-state index contributed by atoms with van der Waals surface area (Å²) in [5.74, 6) is 0.797. The predicted octanol–water partition coefficient (Wildman–Crippen LogP) is 2.39. The smallest absolute Gasteiger partial charge is 0.0704 e. The SMILES string of the molecule is c1cc(CC2CCNC2)c2cccnc2c1. The summed E-state index contributed by atoms with van der Waals surface area (Å²) in [6, 6.07) is 10.7. The van der Waals surface area contributed by atoms with Gasteiger partial charge in [0.1, 0.15) is 0 Å². The highest BCUT2D eigenvalue weighted by Gasteiger charge is 2.15. The molecule has 2 nitrogen and oxygen atoms in total. The average Bonchev–Trinajstić information content (AvgIpc) is 2.82. The molecule has 2 aromatic rings. The van der Waals surface area contributed by atoms with Crippen molar-refractivity contribution in [1.82, 2.24) is 10.3 Å². The van der Waals surface area contributed by atoms with Gasteiger partial charge in [0, 0.05) is 11.6 Å². The zero-order valence-corrected chi connectivity index (χ0v) is 9.32. The van der Waals surface area contributed by atoms with Crippen molar-refractivity contribution in [3.05, 3.63) is 42.1 Å². The fraction of sp³-hybridized carbons (Fsp3) is 0.357. The summed E-state index contributed by atoms with van der Waals surface area (Å²) in [7, 11) is 0. The van der Waals surface area contributed by atoms with Crippen LogP contribution in [0.15, 0.2) is 36.5 Å². The molecule has 2 heteroatoms. The van der Waals surface area contributed by atoms with Gasteiger partial charge in [-0.3, -0.25) is 4.98 Å². The van der Waals surface area contributed by atoms with Gasteiger partial charge >= 0.3 is 0 Å². The fourth-order valence-corrected chi connectivity index (χ4v) is 2.54. The Bertz CT molecular complexity index is 482. The van der Waals surface area contributed by atoms with Crippen LogP contribution >= 0.6 is 0 Å². The fourth-order valence-electron chi connectivity index (χ4n) is 2.54. The van der Waals surface area contributed by atoms with Crippen molar-refractivity contribution in [2.75, 3.05) is 13.1 Å². The second kappa shape index (κ2) is 4.22. The molecule has 0 bridgehead atoms. The number of aromatic nitrogens is 1. The van der Waals surface area contributed by atoms with Gasteiger partial charge in [0.2, 0.25) is 0 Å². The molecule has 0 spiro atoms. The van der Waals surface area contributed by atoms with Crippen LogP contribution in [0.25, 0.3) is 10.9 Å². The third-order valence-electron chi connectivity index (χ3n) is 3.41. The van der Waals surface area contributed by atoms with E-state index in [0.717, 1.165) is 18.0 Å². The van der Waals surface area contributed by atoms with Crippen molar-refractivity contribution in [3.8, 4) is 0 Å². The molecule has 2 heterocycles. The van der Waals surface area contributed by atoms with Gasteiger partial charge in [-0.1, -0.05) is 18.2 Å². The van der Waals surface area contributed by atoms with Gasteiger partial charge in [-0.15, -0.1) is 0 Å². The molecule has 16 heavy (non-hydrogen) atoms. The first-order valence-electron chi connectivity index (χ1n) is 5.97. The lowest BCUT2D eigenvalue weighted by atomic mass is 9.96. The highest BCUT2D eigenvalue weighted by atomic mass is 14.9. The minimum absolute atomic E-state index is 0.797. The number of pyridine rings is 1. The van der Waals surface area contributed by atoms with Gasteiger partial charge < -0.3 is 5.32 Å². The maximum absolute atomic E-state index is 4.40. The summed E-state index contributed by atoms with van der Waals surface area (Å²) in [5.41, 5.74) is 2.56. The van der Waals surface area contributed by atoms with Crippen LogP contribution in [-0.2, 0) is 6.42 Å². The van der Waals surface area contributed by atoms with E-state index in [1.165, 1.54) is 30.3 Å². The maximum Gasteiger partial charge on any atom is 0.0704 e. The second-order valence-electron chi connectivity index (χ2n) is 4.55. The first-order valence-corrected chi connectivity index (χ1v) is 5.97. The molecule has 0 amide bonds. The molecule has 1 aromatic carbocycles. The van der Waals surface area contributed by atoms with Gasteiger partial charge in [0.15, 0.2) is 0 Å². The second-order valence-corrected chi connectivity index (χ2v) is 4.55. The molecule has 0 radical (unpaired) electrons. The molecule has 82 valence electrons. The Kier molecular flexibility index (Phi) is 2.58. The van der Waals surface area contributed by atoms with Gasteiger partial charge in [0.05, 0.1) is 5.52 Å². The van der Waals surface area contributed by atoms with E-state index in [9.17, 15) is 0 Å². The van der Waals surface area contributed by atoms with Crippen molar-refractivity contribution >= 4 is 10.9 Å². The van der Waals surface area contributed by atoms with E-state index in [0.29, 0.717) is 0 Å². The summed E-state index contributed by atoms with van der Waals surface area (Å²) in [5, 5.41) is 4.74. The molecule has 1 N–H and O–H groups in total. The van der Waals surface area contributed by atoms with Crippen LogP contribution in [-0.4, -0.2) is 18.1 Å². The first kappa shape index (κ1) is 9.79. The number of hydrogen-bond donors (Lipinski definition) is 1. The zero-order valence-electron chi connectivity index (χ0n) is 9.32. The van der Waals surface area contributed by atoms with Crippen molar-refractivity contribution in [3.63, 3.8) is 0 Å². The topological polar surface area (TPSA) is 24.9 Å². The summed E-state index contributed by atoms with van der Waals surface area (Å²) in [6.07, 6.45) is 4.34. The van der Waals surface area contributed by atoms with Gasteiger partial charge in [0.25, 0.3) is 0 Å². The van der Waals surface area contributed by atoms with Gasteiger partial charge in [-0.2, -0.15) is 0 Å². The molecule has 1 aliphatic heterocycles. The lowest BCUT2D eigenvalue weighted by Crippen LogP contribution is -2.10. The van der Waals surface area contributed by atoms with Crippen molar-refractivity contribution in [2.45, 2.75) is 12.8 Å². The molecule has 1 aromatic heterocycles. The van der Waals surface area contributed by atoms with Gasteiger partial charge in [-0.25, -0.2) is 0 Å². The number of hydrogen-bond acceptors (Lipinski definition) is 2. The Morgan fingerprint density at radius 1 is 1.25 bits per heavy atom. The minimum Gasteiger partial charge on any atom is -0.316 e. The monoisotopic (exact) mass is 212 g/mol. The van der Waals surface area contributed by atoms with Crippen molar-refractivity contribution in [2.24, 2.45) is 5.92 Å². The predicted molar refractivity (Wildman–Crippen MR) is 66.4 cm³/mol. The Morgan fingerprint density at radius 3 is 3.12 bits per heavy atom. The summed E-state index contributed by atoms with van der Waals surface area (Å²) >= 11 is 0. The average molecular weight is 212 g/mol. The van der Waals surface area contributed by atoms with E-state index < -0.39 is 0 Å². The Balaban J connectivity index is 1.96. The largest absolute Gasteiger partial charge is 0.316 e. The third kappa shape index (κ3) is 1.81. The van der Waals surface area contributed by atoms with Crippen LogP contribution < -0.4 is 5.32 Å². The maximum atomic E-state index is 4.40. The van der Waals surface area contributed by atoms with Crippen LogP contribution in [0.4, 0.5) is 0 Å². The summed E-state index contributed by atoms with van der Waals surface area (Å²) < 4.78 is 0. The molecule has 0 saturated carbocycles. The van der Waals surface area contributed by atoms with Crippen molar-refractivity contribution in [1.29, 1.82) is 0 Å². The van der Waals surface area contributed by atoms with E-state index in [1.54, 1.807) is 0 Å². The molecular weight excluding hydrogens is 196 g/mol. The quantitative estimate of drug-likeness (QED) is 0.826. The van der Waals surface area contributed by atoms with Crippen LogP contribution in [0.2, 0.25) is 0 Å². The van der Waals surface area contributed by atoms with E-state index in [4.69, 9.17) is 0 Å². The van der Waals surface area contributed by atoms with Gasteiger partial charge in [-0.05, 0) is 49.5 Å². The van der Waals surface area contributed by atoms with Crippen molar-refractivity contribution < 1.29 is 0 Å². The molecule has 0 aliphatic carbocycles. The summed E-state index contributed by atoms with van der Waals surface area (Å²) in [6.45, 7) is 2.34. The first-order chi connectivity index (χ1) is 7.93. The van der Waals surface area contributed by atoms with Crippen LogP contribution in [0.3, 0.4) is 0 Å². The van der Waals surface area contributed by atoms with E-state index >= 15 is 0 Å². The minimum atomic E-state index is 0.797. The molecule has 1 aliphatic rings. The van der Waals surface area contributed by atoms with E-state index in [1.807, 2.05) is 12.3 Å².